The normalized spacial score (nSPS) is 10.5. The number of nitrogens with zero attached hydrogens (tertiary/aromatic N) is 2. The number of hydrogen-bond donors (Lipinski definition) is 1. The minimum absolute atomic E-state index is 0.0378. The molecule has 1 N–H and O–H groups in total. The van der Waals surface area contributed by atoms with E-state index < -0.39 is 5.97 Å². The number of ether oxygens (including phenoxy) is 2. The minimum atomic E-state index is -1.06. The molecule has 6 nitrogen and oxygen atoms in total. The van der Waals surface area contributed by atoms with Crippen molar-refractivity contribution in [2.75, 3.05) is 7.11 Å². The Morgan fingerprint density at radius 3 is 2.38 bits per heavy atom. The highest BCUT2D eigenvalue weighted by atomic mass is 16.5. The molecule has 0 bridgehead atoms. The SMILES string of the molecule is COc1cc(-c2ncc(C(=O)O)cn2)ccc1OC(C)C. The maximum Gasteiger partial charge on any atom is 0.338 e. The van der Waals surface area contributed by atoms with Gasteiger partial charge in [0, 0.05) is 18.0 Å². The molecule has 0 amide bonds. The number of benzene rings is 1. The van der Waals surface area contributed by atoms with Crippen LogP contribution >= 0.6 is 0 Å². The van der Waals surface area contributed by atoms with Crippen LogP contribution in [0, 0.1) is 0 Å². The van der Waals surface area contributed by atoms with E-state index in [1.54, 1.807) is 25.3 Å². The molecule has 0 saturated carbocycles. The van der Waals surface area contributed by atoms with Gasteiger partial charge in [-0.3, -0.25) is 0 Å². The summed E-state index contributed by atoms with van der Waals surface area (Å²) in [4.78, 5) is 18.9. The monoisotopic (exact) mass is 288 g/mol. The van der Waals surface area contributed by atoms with E-state index in [0.717, 1.165) is 5.56 Å². The molecule has 110 valence electrons. The predicted molar refractivity (Wildman–Crippen MR) is 76.7 cm³/mol. The predicted octanol–water partition coefficient (Wildman–Crippen LogP) is 2.64. The molecule has 1 aromatic carbocycles. The lowest BCUT2D eigenvalue weighted by molar-refractivity contribution is 0.0696. The van der Waals surface area contributed by atoms with E-state index in [2.05, 4.69) is 9.97 Å². The molecule has 0 unspecified atom stereocenters. The van der Waals surface area contributed by atoms with Crippen molar-refractivity contribution in [2.24, 2.45) is 0 Å². The van der Waals surface area contributed by atoms with Gasteiger partial charge in [-0.15, -0.1) is 0 Å². The molecule has 21 heavy (non-hydrogen) atoms. The van der Waals surface area contributed by atoms with Crippen LogP contribution in [-0.4, -0.2) is 34.3 Å². The fourth-order valence-electron chi connectivity index (χ4n) is 1.75. The van der Waals surface area contributed by atoms with Gasteiger partial charge in [0.05, 0.1) is 18.8 Å². The van der Waals surface area contributed by atoms with Crippen LogP contribution in [0.25, 0.3) is 11.4 Å². The van der Waals surface area contributed by atoms with Crippen LogP contribution in [0.2, 0.25) is 0 Å². The summed E-state index contributed by atoms with van der Waals surface area (Å²) in [5.41, 5.74) is 0.769. The lowest BCUT2D eigenvalue weighted by atomic mass is 10.2. The molecule has 1 heterocycles. The zero-order chi connectivity index (χ0) is 15.4. The smallest absolute Gasteiger partial charge is 0.338 e. The van der Waals surface area contributed by atoms with Crippen LogP contribution in [0.1, 0.15) is 24.2 Å². The third-order valence-corrected chi connectivity index (χ3v) is 2.68. The van der Waals surface area contributed by atoms with Crippen molar-refractivity contribution >= 4 is 5.97 Å². The summed E-state index contributed by atoms with van der Waals surface area (Å²) in [5.74, 6) is 0.583. The molecular formula is C15H16N2O4. The number of carboxylic acid groups (broad SMARTS) is 1. The van der Waals surface area contributed by atoms with Gasteiger partial charge in [-0.05, 0) is 32.0 Å². The highest BCUT2D eigenvalue weighted by Crippen LogP contribution is 2.31. The molecule has 0 spiro atoms. The molecule has 2 rings (SSSR count). The van der Waals surface area contributed by atoms with E-state index in [9.17, 15) is 4.79 Å². The second kappa shape index (κ2) is 6.21. The second-order valence-corrected chi connectivity index (χ2v) is 4.63. The van der Waals surface area contributed by atoms with Gasteiger partial charge in [0.25, 0.3) is 0 Å². The van der Waals surface area contributed by atoms with Crippen molar-refractivity contribution in [1.82, 2.24) is 9.97 Å². The molecule has 0 fully saturated rings. The number of carbonyl (C=O) groups is 1. The topological polar surface area (TPSA) is 81.5 Å². The maximum absolute atomic E-state index is 10.8. The van der Waals surface area contributed by atoms with Crippen LogP contribution in [0.15, 0.2) is 30.6 Å². The molecule has 6 heteroatoms. The van der Waals surface area contributed by atoms with Gasteiger partial charge in [0.2, 0.25) is 0 Å². The van der Waals surface area contributed by atoms with Crippen molar-refractivity contribution in [3.8, 4) is 22.9 Å². The Labute approximate surface area is 122 Å². The maximum atomic E-state index is 10.8. The fraction of sp³-hybridized carbons (Fsp3) is 0.267. The first-order valence-electron chi connectivity index (χ1n) is 6.41. The number of aromatic nitrogens is 2. The molecule has 0 saturated heterocycles. The van der Waals surface area contributed by atoms with E-state index in [1.807, 2.05) is 13.8 Å². The Morgan fingerprint density at radius 1 is 1.19 bits per heavy atom. The van der Waals surface area contributed by atoms with E-state index in [-0.39, 0.29) is 11.7 Å². The number of hydrogen-bond acceptors (Lipinski definition) is 5. The van der Waals surface area contributed by atoms with Crippen molar-refractivity contribution < 1.29 is 19.4 Å². The van der Waals surface area contributed by atoms with Crippen LogP contribution < -0.4 is 9.47 Å². The third kappa shape index (κ3) is 3.47. The largest absolute Gasteiger partial charge is 0.493 e. The van der Waals surface area contributed by atoms with Crippen molar-refractivity contribution in [3.05, 3.63) is 36.2 Å². The number of aromatic carboxylic acids is 1. The summed E-state index contributed by atoms with van der Waals surface area (Å²) < 4.78 is 10.9. The van der Waals surface area contributed by atoms with Crippen molar-refractivity contribution in [3.63, 3.8) is 0 Å². The third-order valence-electron chi connectivity index (χ3n) is 2.68. The average Bonchev–Trinajstić information content (AvgIpc) is 2.47. The van der Waals surface area contributed by atoms with Gasteiger partial charge in [0.15, 0.2) is 17.3 Å². The zero-order valence-electron chi connectivity index (χ0n) is 12.0. The number of rotatable bonds is 5. The second-order valence-electron chi connectivity index (χ2n) is 4.63. The molecule has 0 atom stereocenters. The standard InChI is InChI=1S/C15H16N2O4/c1-9(2)21-12-5-4-10(6-13(12)20-3)14-16-7-11(8-17-14)15(18)19/h4-9H,1-3H3,(H,18,19). The molecule has 0 radical (unpaired) electrons. The summed E-state index contributed by atoms with van der Waals surface area (Å²) in [6.45, 7) is 3.86. The Kier molecular flexibility index (Phi) is 4.37. The van der Waals surface area contributed by atoms with Crippen molar-refractivity contribution in [2.45, 2.75) is 20.0 Å². The van der Waals surface area contributed by atoms with Gasteiger partial charge >= 0.3 is 5.97 Å². The quantitative estimate of drug-likeness (QED) is 0.910. The molecule has 1 aromatic heterocycles. The Bertz CT molecular complexity index is 639. The minimum Gasteiger partial charge on any atom is -0.493 e. The highest BCUT2D eigenvalue weighted by Gasteiger charge is 2.11. The van der Waals surface area contributed by atoms with Crippen LogP contribution in [-0.2, 0) is 0 Å². The van der Waals surface area contributed by atoms with Gasteiger partial charge < -0.3 is 14.6 Å². The summed E-state index contributed by atoms with van der Waals surface area (Å²) in [6, 6.07) is 5.34. The Hall–Kier alpha value is -2.63. The lowest BCUT2D eigenvalue weighted by Gasteiger charge is -2.14. The molecular weight excluding hydrogens is 272 g/mol. The first-order chi connectivity index (χ1) is 10.0. The number of methoxy groups -OCH3 is 1. The lowest BCUT2D eigenvalue weighted by Crippen LogP contribution is -2.06. The molecule has 2 aromatic rings. The van der Waals surface area contributed by atoms with E-state index in [4.69, 9.17) is 14.6 Å². The van der Waals surface area contributed by atoms with Gasteiger partial charge in [0.1, 0.15) is 0 Å². The van der Waals surface area contributed by atoms with Gasteiger partial charge in [-0.2, -0.15) is 0 Å². The summed E-state index contributed by atoms with van der Waals surface area (Å²) in [6.07, 6.45) is 2.58. The molecule has 0 aliphatic carbocycles. The van der Waals surface area contributed by atoms with Crippen LogP contribution in [0.4, 0.5) is 0 Å². The zero-order valence-corrected chi connectivity index (χ0v) is 12.0. The average molecular weight is 288 g/mol. The van der Waals surface area contributed by atoms with E-state index >= 15 is 0 Å². The van der Waals surface area contributed by atoms with E-state index in [1.165, 1.54) is 12.4 Å². The Morgan fingerprint density at radius 2 is 1.86 bits per heavy atom. The van der Waals surface area contributed by atoms with Crippen LogP contribution in [0.5, 0.6) is 11.5 Å². The number of carboxylic acids is 1. The summed E-state index contributed by atoms with van der Waals surface area (Å²) >= 11 is 0. The van der Waals surface area contributed by atoms with Crippen LogP contribution in [0.3, 0.4) is 0 Å². The van der Waals surface area contributed by atoms with Crippen molar-refractivity contribution in [1.29, 1.82) is 0 Å². The van der Waals surface area contributed by atoms with Gasteiger partial charge in [-0.1, -0.05) is 0 Å². The molecule has 0 aliphatic rings. The van der Waals surface area contributed by atoms with Gasteiger partial charge in [-0.25, -0.2) is 14.8 Å². The summed E-state index contributed by atoms with van der Waals surface area (Å²) in [5, 5.41) is 8.83. The Balaban J connectivity index is 2.33. The molecule has 0 aliphatic heterocycles. The first-order valence-corrected chi connectivity index (χ1v) is 6.41. The van der Waals surface area contributed by atoms with E-state index in [0.29, 0.717) is 17.3 Å². The highest BCUT2D eigenvalue weighted by molar-refractivity contribution is 5.86. The first kappa shape index (κ1) is 14.8. The fourth-order valence-corrected chi connectivity index (χ4v) is 1.75. The summed E-state index contributed by atoms with van der Waals surface area (Å²) in [7, 11) is 1.56.